The van der Waals surface area contributed by atoms with Crippen molar-refractivity contribution >= 4 is 16.8 Å². The van der Waals surface area contributed by atoms with Gasteiger partial charge in [-0.1, -0.05) is 25.1 Å². The topological polar surface area (TPSA) is 37.3 Å². The third kappa shape index (κ3) is 2.88. The van der Waals surface area contributed by atoms with Gasteiger partial charge in [-0.25, -0.2) is 0 Å². The van der Waals surface area contributed by atoms with Gasteiger partial charge in [0, 0.05) is 36.7 Å². The Bertz CT molecular complexity index is 655. The second-order valence-electron chi connectivity index (χ2n) is 6.19. The van der Waals surface area contributed by atoms with Crippen molar-refractivity contribution in [2.75, 3.05) is 19.6 Å². The monoisotopic (exact) mass is 299 g/mol. The van der Waals surface area contributed by atoms with Crippen LogP contribution in [0.1, 0.15) is 36.5 Å². The smallest absolute Gasteiger partial charge is 0.253 e. The Labute approximate surface area is 132 Å². The number of rotatable bonds is 5. The van der Waals surface area contributed by atoms with E-state index in [4.69, 9.17) is 0 Å². The van der Waals surface area contributed by atoms with Crippen molar-refractivity contribution < 1.29 is 4.79 Å². The summed E-state index contributed by atoms with van der Waals surface area (Å²) in [4.78, 5) is 15.1. The molecule has 1 N–H and O–H groups in total. The van der Waals surface area contributed by atoms with Crippen LogP contribution in [0.25, 0.3) is 10.9 Å². The number of benzene rings is 1. The fourth-order valence-corrected chi connectivity index (χ4v) is 3.47. The number of aromatic nitrogens is 1. The molecule has 1 aromatic carbocycles. The molecule has 1 atom stereocenters. The molecule has 2 heterocycles. The molecule has 4 heteroatoms. The van der Waals surface area contributed by atoms with E-state index in [0.29, 0.717) is 6.04 Å². The molecule has 0 aliphatic carbocycles. The summed E-state index contributed by atoms with van der Waals surface area (Å²) in [6, 6.07) is 8.51. The van der Waals surface area contributed by atoms with Gasteiger partial charge in [0.25, 0.3) is 5.91 Å². The van der Waals surface area contributed by atoms with Crippen LogP contribution in [0.3, 0.4) is 0 Å². The molecule has 0 saturated carbocycles. The van der Waals surface area contributed by atoms with Crippen molar-refractivity contribution in [1.82, 2.24) is 14.8 Å². The first kappa shape index (κ1) is 15.1. The molecule has 118 valence electrons. The molecule has 2 aromatic rings. The number of aryl methyl sites for hydroxylation is 1. The number of fused-ring (bicyclic) bond motifs is 1. The predicted molar refractivity (Wildman–Crippen MR) is 90.1 cm³/mol. The highest BCUT2D eigenvalue weighted by molar-refractivity contribution is 6.06. The van der Waals surface area contributed by atoms with E-state index in [1.807, 2.05) is 42.1 Å². The average Bonchev–Trinajstić information content (AvgIpc) is 3.17. The highest BCUT2D eigenvalue weighted by atomic mass is 16.1. The van der Waals surface area contributed by atoms with Gasteiger partial charge in [0.2, 0.25) is 0 Å². The van der Waals surface area contributed by atoms with Crippen LogP contribution in [0.15, 0.2) is 30.5 Å². The Kier molecular flexibility index (Phi) is 4.48. The van der Waals surface area contributed by atoms with Gasteiger partial charge in [-0.2, -0.15) is 0 Å². The molecule has 1 aromatic heterocycles. The maximum atomic E-state index is 12.6. The van der Waals surface area contributed by atoms with Crippen LogP contribution < -0.4 is 5.32 Å². The van der Waals surface area contributed by atoms with Gasteiger partial charge in [-0.05, 0) is 38.4 Å². The summed E-state index contributed by atoms with van der Waals surface area (Å²) in [5.41, 5.74) is 1.87. The van der Waals surface area contributed by atoms with Gasteiger partial charge in [0.05, 0.1) is 5.56 Å². The Morgan fingerprint density at radius 1 is 1.27 bits per heavy atom. The Morgan fingerprint density at radius 3 is 2.73 bits per heavy atom. The number of nitrogens with one attached hydrogen (secondary N) is 1. The van der Waals surface area contributed by atoms with E-state index >= 15 is 0 Å². The van der Waals surface area contributed by atoms with E-state index in [-0.39, 0.29) is 5.91 Å². The van der Waals surface area contributed by atoms with Gasteiger partial charge < -0.3 is 9.88 Å². The van der Waals surface area contributed by atoms with E-state index in [1.54, 1.807) is 0 Å². The number of carbonyl (C=O) groups is 1. The second-order valence-corrected chi connectivity index (χ2v) is 6.19. The molecule has 1 saturated heterocycles. The van der Waals surface area contributed by atoms with Crippen LogP contribution in [0.2, 0.25) is 0 Å². The van der Waals surface area contributed by atoms with Crippen LogP contribution in [0.5, 0.6) is 0 Å². The highest BCUT2D eigenvalue weighted by Crippen LogP contribution is 2.20. The molecule has 0 unspecified atom stereocenters. The summed E-state index contributed by atoms with van der Waals surface area (Å²) in [6.07, 6.45) is 5.58. The molecule has 22 heavy (non-hydrogen) atoms. The summed E-state index contributed by atoms with van der Waals surface area (Å²) in [7, 11) is 1.98. The van der Waals surface area contributed by atoms with E-state index in [2.05, 4.69) is 17.1 Å². The van der Waals surface area contributed by atoms with Crippen molar-refractivity contribution in [2.45, 2.75) is 32.2 Å². The van der Waals surface area contributed by atoms with Crippen LogP contribution in [0.4, 0.5) is 0 Å². The van der Waals surface area contributed by atoms with Crippen LogP contribution in [-0.2, 0) is 7.05 Å². The number of nitrogens with zero attached hydrogens (tertiary/aromatic N) is 2. The minimum Gasteiger partial charge on any atom is -0.350 e. The SMILES string of the molecule is CC[C@H](CNC(=O)c1cn(C)c2ccccc12)N1CCCC1. The van der Waals surface area contributed by atoms with Gasteiger partial charge in [-0.3, -0.25) is 9.69 Å². The van der Waals surface area contributed by atoms with Gasteiger partial charge in [-0.15, -0.1) is 0 Å². The summed E-state index contributed by atoms with van der Waals surface area (Å²) in [6.45, 7) is 5.27. The summed E-state index contributed by atoms with van der Waals surface area (Å²) in [5, 5.41) is 4.16. The van der Waals surface area contributed by atoms with Crippen LogP contribution >= 0.6 is 0 Å². The van der Waals surface area contributed by atoms with Crippen LogP contribution in [-0.4, -0.2) is 41.1 Å². The van der Waals surface area contributed by atoms with Crippen molar-refractivity contribution in [3.05, 3.63) is 36.0 Å². The van der Waals surface area contributed by atoms with Gasteiger partial charge in [0.1, 0.15) is 0 Å². The van der Waals surface area contributed by atoms with E-state index in [0.717, 1.165) is 29.4 Å². The first-order chi connectivity index (χ1) is 10.7. The normalized spacial score (nSPS) is 17.0. The fraction of sp³-hybridized carbons (Fsp3) is 0.500. The molecule has 0 radical (unpaired) electrons. The van der Waals surface area contributed by atoms with Crippen molar-refractivity contribution in [3.8, 4) is 0 Å². The summed E-state index contributed by atoms with van der Waals surface area (Å²) >= 11 is 0. The zero-order chi connectivity index (χ0) is 15.5. The first-order valence-corrected chi connectivity index (χ1v) is 8.27. The van der Waals surface area contributed by atoms with Crippen molar-refractivity contribution in [1.29, 1.82) is 0 Å². The number of hydrogen-bond acceptors (Lipinski definition) is 2. The van der Waals surface area contributed by atoms with E-state index in [1.165, 1.54) is 25.9 Å². The molecule has 0 spiro atoms. The molecule has 1 fully saturated rings. The molecule has 4 nitrogen and oxygen atoms in total. The number of amides is 1. The quantitative estimate of drug-likeness (QED) is 0.922. The Morgan fingerprint density at radius 2 is 2.00 bits per heavy atom. The number of likely N-dealkylation sites (tertiary alicyclic amines) is 1. The minimum atomic E-state index is 0.0365. The third-order valence-corrected chi connectivity index (χ3v) is 4.77. The molecule has 0 bridgehead atoms. The zero-order valence-corrected chi connectivity index (χ0v) is 13.5. The first-order valence-electron chi connectivity index (χ1n) is 8.27. The van der Waals surface area contributed by atoms with Crippen molar-refractivity contribution in [3.63, 3.8) is 0 Å². The van der Waals surface area contributed by atoms with Crippen molar-refractivity contribution in [2.24, 2.45) is 7.05 Å². The fourth-order valence-electron chi connectivity index (χ4n) is 3.47. The standard InChI is InChI=1S/C18H25N3O/c1-3-14(21-10-6-7-11-21)12-19-18(22)16-13-20(2)17-9-5-4-8-15(16)17/h4-5,8-9,13-14H,3,6-7,10-12H2,1-2H3,(H,19,22)/t14-/m1/s1. The summed E-state index contributed by atoms with van der Waals surface area (Å²) < 4.78 is 2.02. The lowest BCUT2D eigenvalue weighted by molar-refractivity contribution is 0.0938. The molecule has 1 aliphatic heterocycles. The lowest BCUT2D eigenvalue weighted by Crippen LogP contribution is -2.42. The summed E-state index contributed by atoms with van der Waals surface area (Å²) in [5.74, 6) is 0.0365. The number of hydrogen-bond donors (Lipinski definition) is 1. The molecule has 3 rings (SSSR count). The van der Waals surface area contributed by atoms with Gasteiger partial charge in [0.15, 0.2) is 0 Å². The number of para-hydroxylation sites is 1. The third-order valence-electron chi connectivity index (χ3n) is 4.77. The Hall–Kier alpha value is -1.81. The average molecular weight is 299 g/mol. The van der Waals surface area contributed by atoms with E-state index < -0.39 is 0 Å². The van der Waals surface area contributed by atoms with Crippen LogP contribution in [0, 0.1) is 0 Å². The second kappa shape index (κ2) is 6.53. The maximum absolute atomic E-state index is 12.6. The highest BCUT2D eigenvalue weighted by Gasteiger charge is 2.21. The molecule has 1 amide bonds. The molecular weight excluding hydrogens is 274 g/mol. The lowest BCUT2D eigenvalue weighted by atomic mass is 10.1. The van der Waals surface area contributed by atoms with Gasteiger partial charge >= 0.3 is 0 Å². The minimum absolute atomic E-state index is 0.0365. The Balaban J connectivity index is 1.70. The maximum Gasteiger partial charge on any atom is 0.253 e. The number of carbonyl (C=O) groups excluding carboxylic acids is 1. The lowest BCUT2D eigenvalue weighted by Gasteiger charge is -2.26. The van der Waals surface area contributed by atoms with E-state index in [9.17, 15) is 4.79 Å². The largest absolute Gasteiger partial charge is 0.350 e. The predicted octanol–water partition coefficient (Wildman–Crippen LogP) is 2.78. The molecule has 1 aliphatic rings. The molecular formula is C18H25N3O. The zero-order valence-electron chi connectivity index (χ0n) is 13.5.